The molecule has 19 heavy (non-hydrogen) atoms. The standard InChI is InChI=1S/C13H15NO5/c1-8(12(16)17)11(15)14-7-9-3-5-10(6-4-9)13(18)19-2/h3-6,8H,7H2,1-2H3,(H,14,15)(H,16,17). The van der Waals surface area contributed by atoms with E-state index in [1.807, 2.05) is 0 Å². The molecule has 0 fully saturated rings. The Morgan fingerprint density at radius 1 is 1.26 bits per heavy atom. The van der Waals surface area contributed by atoms with Crippen LogP contribution in [0.15, 0.2) is 24.3 Å². The molecule has 0 saturated carbocycles. The van der Waals surface area contributed by atoms with E-state index in [0.717, 1.165) is 5.56 Å². The number of amides is 1. The minimum atomic E-state index is -1.17. The number of esters is 1. The van der Waals surface area contributed by atoms with Crippen LogP contribution in [0.3, 0.4) is 0 Å². The molecule has 0 aliphatic carbocycles. The lowest BCUT2D eigenvalue weighted by atomic mass is 10.1. The summed E-state index contributed by atoms with van der Waals surface area (Å²) in [6.07, 6.45) is 0. The van der Waals surface area contributed by atoms with Crippen LogP contribution in [0.25, 0.3) is 0 Å². The van der Waals surface area contributed by atoms with E-state index < -0.39 is 23.8 Å². The topological polar surface area (TPSA) is 92.7 Å². The van der Waals surface area contributed by atoms with Gasteiger partial charge in [-0.2, -0.15) is 0 Å². The number of aliphatic carboxylic acids is 1. The Morgan fingerprint density at radius 2 is 1.84 bits per heavy atom. The van der Waals surface area contributed by atoms with Gasteiger partial charge in [0.25, 0.3) is 0 Å². The van der Waals surface area contributed by atoms with Gasteiger partial charge in [0.1, 0.15) is 5.92 Å². The van der Waals surface area contributed by atoms with Crippen LogP contribution in [0.1, 0.15) is 22.8 Å². The molecule has 6 nitrogen and oxygen atoms in total. The number of methoxy groups -OCH3 is 1. The summed E-state index contributed by atoms with van der Waals surface area (Å²) in [6, 6.07) is 6.48. The second-order valence-electron chi connectivity index (χ2n) is 3.97. The van der Waals surface area contributed by atoms with Gasteiger partial charge in [0.05, 0.1) is 12.7 Å². The molecule has 1 aromatic rings. The number of carbonyl (C=O) groups excluding carboxylic acids is 2. The lowest BCUT2D eigenvalue weighted by Crippen LogP contribution is -2.33. The number of benzene rings is 1. The number of rotatable bonds is 5. The van der Waals surface area contributed by atoms with Crippen LogP contribution in [0.4, 0.5) is 0 Å². The summed E-state index contributed by atoms with van der Waals surface area (Å²) in [7, 11) is 1.30. The number of hydrogen-bond donors (Lipinski definition) is 2. The normalized spacial score (nSPS) is 11.5. The molecular formula is C13H15NO5. The van der Waals surface area contributed by atoms with Crippen molar-refractivity contribution in [3.05, 3.63) is 35.4 Å². The quantitative estimate of drug-likeness (QED) is 0.607. The number of carboxylic acids is 1. The van der Waals surface area contributed by atoms with Gasteiger partial charge < -0.3 is 15.2 Å². The smallest absolute Gasteiger partial charge is 0.337 e. The van der Waals surface area contributed by atoms with Crippen molar-refractivity contribution in [2.24, 2.45) is 5.92 Å². The third kappa shape index (κ3) is 4.09. The van der Waals surface area contributed by atoms with Gasteiger partial charge in [0.2, 0.25) is 5.91 Å². The first-order chi connectivity index (χ1) is 8.95. The minimum Gasteiger partial charge on any atom is -0.481 e. The van der Waals surface area contributed by atoms with Crippen LogP contribution in [0, 0.1) is 5.92 Å². The predicted molar refractivity (Wildman–Crippen MR) is 66.4 cm³/mol. The van der Waals surface area contributed by atoms with Crippen molar-refractivity contribution in [1.82, 2.24) is 5.32 Å². The number of carbonyl (C=O) groups is 3. The van der Waals surface area contributed by atoms with Crippen LogP contribution in [0.5, 0.6) is 0 Å². The van der Waals surface area contributed by atoms with Crippen molar-refractivity contribution in [3.63, 3.8) is 0 Å². The van der Waals surface area contributed by atoms with Gasteiger partial charge in [-0.25, -0.2) is 4.79 Å². The van der Waals surface area contributed by atoms with Crippen molar-refractivity contribution in [3.8, 4) is 0 Å². The zero-order valence-electron chi connectivity index (χ0n) is 10.7. The molecular weight excluding hydrogens is 250 g/mol. The SMILES string of the molecule is COC(=O)c1ccc(CNC(=O)C(C)C(=O)O)cc1. The van der Waals surface area contributed by atoms with E-state index in [1.54, 1.807) is 24.3 Å². The monoisotopic (exact) mass is 265 g/mol. The molecule has 0 aromatic heterocycles. The third-order valence-electron chi connectivity index (χ3n) is 2.61. The summed E-state index contributed by atoms with van der Waals surface area (Å²) in [5, 5.41) is 11.2. The molecule has 0 aliphatic rings. The highest BCUT2D eigenvalue weighted by Gasteiger charge is 2.19. The van der Waals surface area contributed by atoms with Crippen LogP contribution < -0.4 is 5.32 Å². The van der Waals surface area contributed by atoms with E-state index in [1.165, 1.54) is 14.0 Å². The fourth-order valence-electron chi connectivity index (χ4n) is 1.33. The van der Waals surface area contributed by atoms with Gasteiger partial charge in [0, 0.05) is 6.54 Å². The average molecular weight is 265 g/mol. The molecule has 1 atom stereocenters. The minimum absolute atomic E-state index is 0.206. The molecule has 0 saturated heterocycles. The van der Waals surface area contributed by atoms with E-state index in [2.05, 4.69) is 10.1 Å². The van der Waals surface area contributed by atoms with Crippen molar-refractivity contribution in [1.29, 1.82) is 0 Å². The summed E-state index contributed by atoms with van der Waals surface area (Å²) in [6.45, 7) is 1.52. The Bertz CT molecular complexity index is 480. The largest absolute Gasteiger partial charge is 0.481 e. The molecule has 102 valence electrons. The fraction of sp³-hybridized carbons (Fsp3) is 0.308. The first-order valence-electron chi connectivity index (χ1n) is 5.63. The van der Waals surface area contributed by atoms with Crippen LogP contribution in [-0.4, -0.2) is 30.1 Å². The molecule has 2 N–H and O–H groups in total. The molecule has 0 radical (unpaired) electrons. The van der Waals surface area contributed by atoms with Gasteiger partial charge in [-0.3, -0.25) is 9.59 Å². The second kappa shape index (κ2) is 6.53. The van der Waals surface area contributed by atoms with Crippen molar-refractivity contribution in [2.75, 3.05) is 7.11 Å². The molecule has 1 aromatic carbocycles. The predicted octanol–water partition coefficient (Wildman–Crippen LogP) is 0.810. The van der Waals surface area contributed by atoms with E-state index >= 15 is 0 Å². The van der Waals surface area contributed by atoms with Crippen molar-refractivity contribution < 1.29 is 24.2 Å². The summed E-state index contributed by atoms with van der Waals surface area (Å²) in [5.74, 6) is -3.24. The zero-order chi connectivity index (χ0) is 14.4. The highest BCUT2D eigenvalue weighted by molar-refractivity contribution is 5.96. The molecule has 0 heterocycles. The summed E-state index contributed by atoms with van der Waals surface area (Å²) >= 11 is 0. The van der Waals surface area contributed by atoms with E-state index in [-0.39, 0.29) is 6.54 Å². The third-order valence-corrected chi connectivity index (χ3v) is 2.61. The highest BCUT2D eigenvalue weighted by Crippen LogP contribution is 2.06. The van der Waals surface area contributed by atoms with Gasteiger partial charge in [-0.15, -0.1) is 0 Å². The maximum absolute atomic E-state index is 11.4. The van der Waals surface area contributed by atoms with Gasteiger partial charge >= 0.3 is 11.9 Å². The summed E-state index contributed by atoms with van der Waals surface area (Å²) < 4.78 is 4.56. The second-order valence-corrected chi connectivity index (χ2v) is 3.97. The average Bonchev–Trinajstić information content (AvgIpc) is 2.43. The molecule has 0 bridgehead atoms. The van der Waals surface area contributed by atoms with E-state index in [0.29, 0.717) is 5.56 Å². The Balaban J connectivity index is 2.57. The van der Waals surface area contributed by atoms with E-state index in [9.17, 15) is 14.4 Å². The fourth-order valence-corrected chi connectivity index (χ4v) is 1.33. The Kier molecular flexibility index (Phi) is 5.05. The van der Waals surface area contributed by atoms with Gasteiger partial charge in [-0.05, 0) is 24.6 Å². The summed E-state index contributed by atoms with van der Waals surface area (Å²) in [5.41, 5.74) is 1.18. The Labute approximate surface area is 110 Å². The first kappa shape index (κ1) is 14.7. The highest BCUT2D eigenvalue weighted by atomic mass is 16.5. The molecule has 1 amide bonds. The lowest BCUT2D eigenvalue weighted by molar-refractivity contribution is -0.146. The molecule has 6 heteroatoms. The lowest BCUT2D eigenvalue weighted by Gasteiger charge is -2.08. The van der Waals surface area contributed by atoms with Crippen LogP contribution in [-0.2, 0) is 20.9 Å². The zero-order valence-corrected chi connectivity index (χ0v) is 10.7. The van der Waals surface area contributed by atoms with Crippen LogP contribution >= 0.6 is 0 Å². The maximum atomic E-state index is 11.4. The first-order valence-corrected chi connectivity index (χ1v) is 5.63. The molecule has 0 aliphatic heterocycles. The number of carboxylic acid groups (broad SMARTS) is 1. The molecule has 0 spiro atoms. The van der Waals surface area contributed by atoms with Crippen molar-refractivity contribution in [2.45, 2.75) is 13.5 Å². The number of ether oxygens (including phenoxy) is 1. The van der Waals surface area contributed by atoms with E-state index in [4.69, 9.17) is 5.11 Å². The van der Waals surface area contributed by atoms with Crippen molar-refractivity contribution >= 4 is 17.8 Å². The maximum Gasteiger partial charge on any atom is 0.337 e. The molecule has 1 unspecified atom stereocenters. The van der Waals surface area contributed by atoms with Gasteiger partial charge in [-0.1, -0.05) is 12.1 Å². The number of nitrogens with one attached hydrogen (secondary N) is 1. The Hall–Kier alpha value is -2.37. The number of hydrogen-bond acceptors (Lipinski definition) is 4. The Morgan fingerprint density at radius 3 is 2.32 bits per heavy atom. The van der Waals surface area contributed by atoms with Crippen LogP contribution in [0.2, 0.25) is 0 Å². The molecule has 1 rings (SSSR count). The van der Waals surface area contributed by atoms with Gasteiger partial charge in [0.15, 0.2) is 0 Å². The summed E-state index contributed by atoms with van der Waals surface area (Å²) in [4.78, 5) is 33.2.